The lowest BCUT2D eigenvalue weighted by atomic mass is 10.2. The van der Waals surface area contributed by atoms with Crippen molar-refractivity contribution in [1.82, 2.24) is 4.98 Å². The molecule has 0 aromatic carbocycles. The number of nitrogen functional groups attached to an aromatic ring is 1. The molecular weight excluding hydrogens is 282 g/mol. The Kier molecular flexibility index (Phi) is 5.28. The van der Waals surface area contributed by atoms with Gasteiger partial charge in [0.05, 0.1) is 6.61 Å². The van der Waals surface area contributed by atoms with Crippen molar-refractivity contribution in [1.29, 1.82) is 0 Å². The quantitative estimate of drug-likeness (QED) is 0.383. The molecule has 0 aliphatic rings. The Labute approximate surface area is 121 Å². The second-order valence-electron chi connectivity index (χ2n) is 4.79. The molecule has 0 atom stereocenters. The van der Waals surface area contributed by atoms with Crippen molar-refractivity contribution in [3.63, 3.8) is 0 Å². The summed E-state index contributed by atoms with van der Waals surface area (Å²) < 4.78 is 14.4. The fourth-order valence-corrected chi connectivity index (χ4v) is 1.14. The third-order valence-electron chi connectivity index (χ3n) is 1.83. The van der Waals surface area contributed by atoms with Crippen molar-refractivity contribution in [3.05, 3.63) is 12.0 Å². The molecule has 0 aliphatic carbocycles. The first kappa shape index (κ1) is 16.5. The summed E-state index contributed by atoms with van der Waals surface area (Å²) in [5.41, 5.74) is 4.18. The molecule has 0 saturated carbocycles. The van der Waals surface area contributed by atoms with E-state index >= 15 is 0 Å². The van der Waals surface area contributed by atoms with Crippen LogP contribution >= 0.6 is 0 Å². The van der Waals surface area contributed by atoms with Gasteiger partial charge in [0.1, 0.15) is 17.6 Å². The molecule has 0 aliphatic heterocycles. The average Bonchev–Trinajstić information content (AvgIpc) is 2.74. The van der Waals surface area contributed by atoms with Crippen molar-refractivity contribution in [3.8, 4) is 0 Å². The van der Waals surface area contributed by atoms with Crippen LogP contribution in [-0.2, 0) is 19.1 Å². The number of hydrogen-bond acceptors (Lipinski definition) is 9. The molecule has 0 amide bonds. The van der Waals surface area contributed by atoms with Gasteiger partial charge in [-0.3, -0.25) is 4.84 Å². The van der Waals surface area contributed by atoms with Crippen molar-refractivity contribution in [2.24, 2.45) is 5.16 Å². The summed E-state index contributed by atoms with van der Waals surface area (Å²) in [7, 11) is 0. The summed E-state index contributed by atoms with van der Waals surface area (Å²) in [5.74, 6) is -0.839. The molecule has 0 fully saturated rings. The number of oxime groups is 1. The summed E-state index contributed by atoms with van der Waals surface area (Å²) in [6.45, 7) is 6.69. The van der Waals surface area contributed by atoms with Gasteiger partial charge in [0.25, 0.3) is 6.01 Å². The lowest BCUT2D eigenvalue weighted by molar-refractivity contribution is -0.135. The van der Waals surface area contributed by atoms with Gasteiger partial charge in [-0.15, -0.1) is 0 Å². The van der Waals surface area contributed by atoms with E-state index in [1.54, 1.807) is 27.7 Å². The van der Waals surface area contributed by atoms with Crippen molar-refractivity contribution in [2.75, 3.05) is 12.3 Å². The minimum atomic E-state index is -1.07. The van der Waals surface area contributed by atoms with E-state index in [-0.39, 0.29) is 24.0 Å². The van der Waals surface area contributed by atoms with Crippen molar-refractivity contribution < 1.29 is 28.3 Å². The molecule has 21 heavy (non-hydrogen) atoms. The number of anilines is 1. The van der Waals surface area contributed by atoms with Crippen LogP contribution in [0.5, 0.6) is 0 Å². The molecule has 1 aromatic heterocycles. The zero-order chi connectivity index (χ0) is 16.0. The molecule has 1 rings (SSSR count). The Bertz CT molecular complexity index is 543. The van der Waals surface area contributed by atoms with E-state index in [0.29, 0.717) is 0 Å². The van der Waals surface area contributed by atoms with Gasteiger partial charge in [-0.25, -0.2) is 9.59 Å². The first-order valence-electron chi connectivity index (χ1n) is 6.09. The van der Waals surface area contributed by atoms with Gasteiger partial charge in [0.15, 0.2) is 0 Å². The van der Waals surface area contributed by atoms with E-state index < -0.39 is 17.7 Å². The number of aromatic nitrogens is 1. The molecule has 1 heterocycles. The standard InChI is InChI=1S/C12H17N3O6/c1-5-18-9(16)8(7-6-19-10(13)14-7)15-21-11(17)20-12(2,3)4/h6H,5H2,1-4H3,(H2,13,14). The molecular formula is C12H17N3O6. The van der Waals surface area contributed by atoms with Crippen LogP contribution in [0.3, 0.4) is 0 Å². The molecule has 9 heteroatoms. The Morgan fingerprint density at radius 1 is 1.43 bits per heavy atom. The zero-order valence-corrected chi connectivity index (χ0v) is 12.2. The Morgan fingerprint density at radius 2 is 2.10 bits per heavy atom. The number of hydrogen-bond donors (Lipinski definition) is 1. The summed E-state index contributed by atoms with van der Waals surface area (Å²) >= 11 is 0. The molecule has 9 nitrogen and oxygen atoms in total. The second-order valence-corrected chi connectivity index (χ2v) is 4.79. The molecule has 0 saturated heterocycles. The highest BCUT2D eigenvalue weighted by Crippen LogP contribution is 2.10. The molecule has 0 bridgehead atoms. The van der Waals surface area contributed by atoms with E-state index in [1.807, 2.05) is 0 Å². The van der Waals surface area contributed by atoms with Gasteiger partial charge in [0, 0.05) is 0 Å². The second kappa shape index (κ2) is 6.73. The summed E-state index contributed by atoms with van der Waals surface area (Å²) in [6, 6.07) is -0.167. The average molecular weight is 299 g/mol. The summed E-state index contributed by atoms with van der Waals surface area (Å²) in [4.78, 5) is 31.4. The predicted molar refractivity (Wildman–Crippen MR) is 71.4 cm³/mol. The maximum atomic E-state index is 11.7. The van der Waals surface area contributed by atoms with Crippen LogP contribution in [0, 0.1) is 0 Å². The number of ether oxygens (including phenoxy) is 2. The number of carbonyl (C=O) groups excluding carboxylic acids is 2. The number of esters is 1. The van der Waals surface area contributed by atoms with Gasteiger partial charge in [0.2, 0.25) is 5.71 Å². The first-order chi connectivity index (χ1) is 9.73. The maximum absolute atomic E-state index is 11.7. The van der Waals surface area contributed by atoms with Gasteiger partial charge >= 0.3 is 12.1 Å². The maximum Gasteiger partial charge on any atom is 0.535 e. The number of oxazole rings is 1. The number of carbonyl (C=O) groups is 2. The Balaban J connectivity index is 2.89. The Morgan fingerprint density at radius 3 is 2.57 bits per heavy atom. The highest BCUT2D eigenvalue weighted by Gasteiger charge is 2.23. The van der Waals surface area contributed by atoms with Crippen LogP contribution in [0.2, 0.25) is 0 Å². The van der Waals surface area contributed by atoms with E-state index in [2.05, 4.69) is 15.0 Å². The minimum Gasteiger partial charge on any atom is -0.461 e. The van der Waals surface area contributed by atoms with Crippen LogP contribution in [0.1, 0.15) is 33.4 Å². The van der Waals surface area contributed by atoms with E-state index in [4.69, 9.17) is 19.6 Å². The van der Waals surface area contributed by atoms with Crippen molar-refractivity contribution in [2.45, 2.75) is 33.3 Å². The molecule has 0 unspecified atom stereocenters. The van der Waals surface area contributed by atoms with Gasteiger partial charge in [-0.2, -0.15) is 4.98 Å². The molecule has 0 radical (unpaired) electrons. The van der Waals surface area contributed by atoms with E-state index in [9.17, 15) is 9.59 Å². The van der Waals surface area contributed by atoms with Crippen LogP contribution < -0.4 is 5.73 Å². The number of nitrogens with zero attached hydrogens (tertiary/aromatic N) is 2. The molecule has 2 N–H and O–H groups in total. The van der Waals surface area contributed by atoms with Crippen LogP contribution in [-0.4, -0.2) is 35.0 Å². The SMILES string of the molecule is CCOC(=O)C(=NOC(=O)OC(C)(C)C)c1coc(N)n1. The van der Waals surface area contributed by atoms with Gasteiger partial charge in [-0.05, 0) is 27.7 Å². The monoisotopic (exact) mass is 299 g/mol. The predicted octanol–water partition coefficient (Wildman–Crippen LogP) is 1.48. The highest BCUT2D eigenvalue weighted by molar-refractivity contribution is 6.42. The first-order valence-corrected chi connectivity index (χ1v) is 6.09. The number of nitrogens with two attached hydrogens (primary N) is 1. The van der Waals surface area contributed by atoms with Gasteiger partial charge in [-0.1, -0.05) is 5.16 Å². The zero-order valence-electron chi connectivity index (χ0n) is 12.2. The molecule has 1 aromatic rings. The summed E-state index contributed by atoms with van der Waals surface area (Å²) in [5, 5.41) is 3.40. The van der Waals surface area contributed by atoms with E-state index in [0.717, 1.165) is 6.26 Å². The van der Waals surface area contributed by atoms with Crippen LogP contribution in [0.25, 0.3) is 0 Å². The number of rotatable bonds is 4. The highest BCUT2D eigenvalue weighted by atomic mass is 16.8. The Hall–Kier alpha value is -2.58. The van der Waals surface area contributed by atoms with Crippen molar-refractivity contribution >= 4 is 23.9 Å². The molecule has 116 valence electrons. The largest absolute Gasteiger partial charge is 0.535 e. The van der Waals surface area contributed by atoms with E-state index in [1.165, 1.54) is 0 Å². The van der Waals surface area contributed by atoms with Gasteiger partial charge < -0.3 is 19.6 Å². The fourth-order valence-electron chi connectivity index (χ4n) is 1.14. The molecule has 0 spiro atoms. The minimum absolute atomic E-state index is 0.0190. The van der Waals surface area contributed by atoms with Crippen LogP contribution in [0.15, 0.2) is 15.8 Å². The smallest absolute Gasteiger partial charge is 0.461 e. The fraction of sp³-hybridized carbons (Fsp3) is 0.500. The third kappa shape index (κ3) is 5.51. The van der Waals surface area contributed by atoms with Crippen LogP contribution in [0.4, 0.5) is 10.8 Å². The topological polar surface area (TPSA) is 126 Å². The lowest BCUT2D eigenvalue weighted by Crippen LogP contribution is -2.25. The normalized spacial score (nSPS) is 11.9. The third-order valence-corrected chi connectivity index (χ3v) is 1.83. The summed E-state index contributed by atoms with van der Waals surface area (Å²) in [6.07, 6.45) is 0.0181. The lowest BCUT2D eigenvalue weighted by Gasteiger charge is -2.17.